The van der Waals surface area contributed by atoms with E-state index >= 15 is 0 Å². The molecule has 172 valence electrons. The molecule has 0 saturated carbocycles. The third-order valence-corrected chi connectivity index (χ3v) is 6.99. The lowest BCUT2D eigenvalue weighted by Gasteiger charge is -2.07. The van der Waals surface area contributed by atoms with E-state index in [9.17, 15) is 4.79 Å². The van der Waals surface area contributed by atoms with Crippen molar-refractivity contribution in [3.63, 3.8) is 0 Å². The molecule has 0 spiro atoms. The summed E-state index contributed by atoms with van der Waals surface area (Å²) in [5.74, 6) is 2.00. The second kappa shape index (κ2) is 11.0. The zero-order valence-corrected chi connectivity index (χ0v) is 20.2. The maximum atomic E-state index is 12.4. The van der Waals surface area contributed by atoms with Gasteiger partial charge in [-0.1, -0.05) is 52.5 Å². The minimum absolute atomic E-state index is 0.163. The highest BCUT2D eigenvalue weighted by atomic mass is 32.2. The molecule has 0 aliphatic carbocycles. The number of nitrogens with zero attached hydrogens (tertiary/aromatic N) is 4. The summed E-state index contributed by atoms with van der Waals surface area (Å²) in [6, 6.07) is 16.9. The van der Waals surface area contributed by atoms with Gasteiger partial charge in [-0.25, -0.2) is 0 Å². The molecule has 34 heavy (non-hydrogen) atoms. The number of thioether (sulfide) groups is 1. The summed E-state index contributed by atoms with van der Waals surface area (Å²) in [5, 5.41) is 24.2. The van der Waals surface area contributed by atoms with Crippen LogP contribution in [0.3, 0.4) is 0 Å². The smallest absolute Gasteiger partial charge is 0.230 e. The Bertz CT molecular complexity index is 1290. The molecule has 0 aliphatic rings. The number of hydrogen-bond donors (Lipinski definition) is 1. The number of carbonyl (C=O) groups is 1. The summed E-state index contributed by atoms with van der Waals surface area (Å²) in [6.45, 7) is 4.12. The van der Waals surface area contributed by atoms with Gasteiger partial charge in [0.2, 0.25) is 11.0 Å². The Hall–Kier alpha value is -3.68. The number of amides is 1. The molecular weight excluding hydrogens is 470 g/mol. The highest BCUT2D eigenvalue weighted by Gasteiger charge is 2.11. The van der Waals surface area contributed by atoms with E-state index in [-0.39, 0.29) is 12.3 Å². The van der Waals surface area contributed by atoms with E-state index in [2.05, 4.69) is 26.7 Å². The van der Waals surface area contributed by atoms with Gasteiger partial charge in [0.1, 0.15) is 18.1 Å². The highest BCUT2D eigenvalue weighted by molar-refractivity contribution is 8.00. The van der Waals surface area contributed by atoms with E-state index < -0.39 is 0 Å². The first kappa shape index (κ1) is 23.5. The van der Waals surface area contributed by atoms with Crippen molar-refractivity contribution in [2.24, 2.45) is 0 Å². The van der Waals surface area contributed by atoms with E-state index in [4.69, 9.17) is 14.5 Å². The summed E-state index contributed by atoms with van der Waals surface area (Å²) in [6.07, 6.45) is 0.220. The number of carbonyl (C=O) groups excluding carboxylic acids is 1. The quantitative estimate of drug-likeness (QED) is 0.255. The maximum Gasteiger partial charge on any atom is 0.230 e. The van der Waals surface area contributed by atoms with Crippen LogP contribution in [0.4, 0.5) is 5.13 Å². The number of aryl methyl sites for hydroxylation is 2. The summed E-state index contributed by atoms with van der Waals surface area (Å²) in [4.78, 5) is 12.4. The second-order valence-corrected chi connectivity index (χ2v) is 9.63. The summed E-state index contributed by atoms with van der Waals surface area (Å²) in [7, 11) is 0. The maximum absolute atomic E-state index is 12.4. The molecule has 0 aliphatic heterocycles. The minimum Gasteiger partial charge on any atom is -0.489 e. The van der Waals surface area contributed by atoms with Crippen LogP contribution in [-0.4, -0.2) is 21.3 Å². The Morgan fingerprint density at radius 2 is 1.85 bits per heavy atom. The van der Waals surface area contributed by atoms with Gasteiger partial charge in [0, 0.05) is 5.75 Å². The molecule has 0 atom stereocenters. The van der Waals surface area contributed by atoms with Crippen molar-refractivity contribution in [1.29, 1.82) is 5.26 Å². The number of aromatic nitrogens is 3. The average molecular weight is 492 g/mol. The van der Waals surface area contributed by atoms with Gasteiger partial charge in [0.25, 0.3) is 0 Å². The van der Waals surface area contributed by atoms with E-state index in [1.807, 2.05) is 50.2 Å². The summed E-state index contributed by atoms with van der Waals surface area (Å²) >= 11 is 2.86. The molecule has 0 unspecified atom stereocenters. The van der Waals surface area contributed by atoms with Crippen LogP contribution in [0, 0.1) is 25.2 Å². The zero-order chi connectivity index (χ0) is 23.9. The Morgan fingerprint density at radius 1 is 1.12 bits per heavy atom. The van der Waals surface area contributed by atoms with Crippen LogP contribution >= 0.6 is 23.1 Å². The Morgan fingerprint density at radius 3 is 2.53 bits per heavy atom. The topological polar surface area (TPSA) is 114 Å². The van der Waals surface area contributed by atoms with Crippen LogP contribution in [0.2, 0.25) is 0 Å². The number of nitrogens with one attached hydrogen (secondary N) is 1. The van der Waals surface area contributed by atoms with Gasteiger partial charge in [-0.3, -0.25) is 4.79 Å². The monoisotopic (exact) mass is 491 g/mol. The molecule has 2 aromatic heterocycles. The highest BCUT2D eigenvalue weighted by Crippen LogP contribution is 2.28. The van der Waals surface area contributed by atoms with Crippen molar-refractivity contribution in [3.05, 3.63) is 82.2 Å². The molecule has 4 rings (SSSR count). The van der Waals surface area contributed by atoms with Crippen LogP contribution in [-0.2, 0) is 23.6 Å². The lowest BCUT2D eigenvalue weighted by atomic mass is 10.1. The minimum atomic E-state index is -0.163. The number of rotatable bonds is 9. The first-order valence-corrected chi connectivity index (χ1v) is 12.2. The lowest BCUT2D eigenvalue weighted by Crippen LogP contribution is -2.14. The van der Waals surface area contributed by atoms with Crippen LogP contribution in [0.15, 0.2) is 57.4 Å². The van der Waals surface area contributed by atoms with Gasteiger partial charge in [0.05, 0.1) is 29.3 Å². The predicted octanol–water partition coefficient (Wildman–Crippen LogP) is 5.07. The fourth-order valence-electron chi connectivity index (χ4n) is 3.06. The van der Waals surface area contributed by atoms with Gasteiger partial charge in [0.15, 0.2) is 4.34 Å². The molecule has 8 nitrogen and oxygen atoms in total. The molecule has 1 amide bonds. The van der Waals surface area contributed by atoms with Crippen molar-refractivity contribution in [2.75, 3.05) is 5.32 Å². The molecule has 4 aromatic rings. The molecule has 0 saturated heterocycles. The molecule has 2 aromatic carbocycles. The largest absolute Gasteiger partial charge is 0.489 e. The Balaban J connectivity index is 1.24. The predicted molar refractivity (Wildman–Crippen MR) is 130 cm³/mol. The standard InChI is InChI=1S/C24H21N5O3S2/c1-15-21(16(2)32-29-15)13-31-20-9-7-17(8-10-20)11-22(30)26-23-27-28-24(34-23)33-14-19-5-3-18(12-25)4-6-19/h3-10H,11,13-14H2,1-2H3,(H,26,27,30). The van der Waals surface area contributed by atoms with Crippen LogP contribution in [0.25, 0.3) is 0 Å². The van der Waals surface area contributed by atoms with Crippen molar-refractivity contribution in [3.8, 4) is 11.8 Å². The number of hydrogen-bond acceptors (Lipinski definition) is 9. The van der Waals surface area contributed by atoms with Crippen molar-refractivity contribution in [1.82, 2.24) is 15.4 Å². The first-order chi connectivity index (χ1) is 16.5. The van der Waals surface area contributed by atoms with E-state index in [1.165, 1.54) is 23.1 Å². The molecule has 2 heterocycles. The Labute approximate surface area is 205 Å². The van der Waals surface area contributed by atoms with Crippen LogP contribution < -0.4 is 10.1 Å². The number of anilines is 1. The van der Waals surface area contributed by atoms with Crippen LogP contribution in [0.5, 0.6) is 5.75 Å². The van der Waals surface area contributed by atoms with Gasteiger partial charge >= 0.3 is 0 Å². The fourth-order valence-corrected chi connectivity index (χ4v) is 4.78. The van der Waals surface area contributed by atoms with Gasteiger partial charge in [-0.2, -0.15) is 5.26 Å². The van der Waals surface area contributed by atoms with Crippen molar-refractivity contribution < 1.29 is 14.1 Å². The second-order valence-electron chi connectivity index (χ2n) is 7.43. The SMILES string of the molecule is Cc1noc(C)c1COc1ccc(CC(=O)Nc2nnc(SCc3ccc(C#N)cc3)s2)cc1. The molecule has 0 fully saturated rings. The number of benzene rings is 2. The molecule has 1 N–H and O–H groups in total. The van der Waals surface area contributed by atoms with Gasteiger partial charge in [-0.15, -0.1) is 10.2 Å². The van der Waals surface area contributed by atoms with Crippen molar-refractivity contribution in [2.45, 2.75) is 37.0 Å². The Kier molecular flexibility index (Phi) is 7.57. The third-order valence-electron chi connectivity index (χ3n) is 4.95. The molecule has 0 radical (unpaired) electrons. The molecule has 0 bridgehead atoms. The fraction of sp³-hybridized carbons (Fsp3) is 0.208. The van der Waals surface area contributed by atoms with E-state index in [0.29, 0.717) is 28.8 Å². The summed E-state index contributed by atoms with van der Waals surface area (Å²) < 4.78 is 11.7. The molecular formula is C24H21N5O3S2. The normalized spacial score (nSPS) is 10.6. The lowest BCUT2D eigenvalue weighted by molar-refractivity contribution is -0.115. The van der Waals surface area contributed by atoms with Gasteiger partial charge in [-0.05, 0) is 49.2 Å². The zero-order valence-electron chi connectivity index (χ0n) is 18.6. The van der Waals surface area contributed by atoms with Gasteiger partial charge < -0.3 is 14.6 Å². The van der Waals surface area contributed by atoms with E-state index in [1.54, 1.807) is 12.1 Å². The molecule has 10 heteroatoms. The number of ether oxygens (including phenoxy) is 1. The average Bonchev–Trinajstić information content (AvgIpc) is 3.43. The summed E-state index contributed by atoms with van der Waals surface area (Å²) in [5.41, 5.74) is 4.34. The van der Waals surface area contributed by atoms with Crippen LogP contribution in [0.1, 0.15) is 33.7 Å². The third kappa shape index (κ3) is 6.21. The van der Waals surface area contributed by atoms with E-state index in [0.717, 1.165) is 32.5 Å². The number of nitriles is 1. The van der Waals surface area contributed by atoms with Crippen molar-refractivity contribution >= 4 is 34.1 Å². The first-order valence-electron chi connectivity index (χ1n) is 10.4.